The first kappa shape index (κ1) is 17.2. The molecule has 132 valence electrons. The van der Waals surface area contributed by atoms with Gasteiger partial charge < -0.3 is 14.2 Å². The van der Waals surface area contributed by atoms with Crippen LogP contribution in [0.1, 0.15) is 23.2 Å². The molecule has 2 heterocycles. The van der Waals surface area contributed by atoms with Crippen LogP contribution >= 0.6 is 0 Å². The van der Waals surface area contributed by atoms with E-state index >= 15 is 0 Å². The number of likely N-dealkylation sites (tertiary alicyclic amines) is 1. The molecule has 25 heavy (non-hydrogen) atoms. The standard InChI is InChI=1S/C19H21FN2O3/c1-21-9-4-8-17(18(21)23)19(24)22-10-3-5-14(12-22)13-25-16-7-2-6-15(20)11-16/h2,4,6-9,11,14H,3,5,10,12-13H2,1H3. The third kappa shape index (κ3) is 4.07. The van der Waals surface area contributed by atoms with E-state index in [1.807, 2.05) is 0 Å². The summed E-state index contributed by atoms with van der Waals surface area (Å²) in [6.45, 7) is 1.58. The lowest BCUT2D eigenvalue weighted by Crippen LogP contribution is -2.43. The maximum absolute atomic E-state index is 13.2. The highest BCUT2D eigenvalue weighted by atomic mass is 19.1. The largest absolute Gasteiger partial charge is 0.493 e. The Balaban J connectivity index is 1.63. The maximum Gasteiger partial charge on any atom is 0.263 e. The molecule has 3 rings (SSSR count). The third-order valence-corrected chi connectivity index (χ3v) is 4.44. The first-order valence-corrected chi connectivity index (χ1v) is 8.38. The van der Waals surface area contributed by atoms with Crippen molar-refractivity contribution in [2.75, 3.05) is 19.7 Å². The SMILES string of the molecule is Cn1cccc(C(=O)N2CCCC(COc3cccc(F)c3)C2)c1=O. The van der Waals surface area contributed by atoms with Crippen molar-refractivity contribution >= 4 is 5.91 Å². The highest BCUT2D eigenvalue weighted by Crippen LogP contribution is 2.20. The minimum atomic E-state index is -0.335. The minimum Gasteiger partial charge on any atom is -0.493 e. The Morgan fingerprint density at radius 1 is 1.32 bits per heavy atom. The number of halogens is 1. The van der Waals surface area contributed by atoms with Crippen LogP contribution in [0.3, 0.4) is 0 Å². The number of ether oxygens (including phenoxy) is 1. The van der Waals surface area contributed by atoms with Gasteiger partial charge in [-0.05, 0) is 37.1 Å². The average Bonchev–Trinajstić information content (AvgIpc) is 2.62. The molecule has 0 aliphatic carbocycles. The Bertz CT molecular complexity index is 818. The number of carbonyl (C=O) groups excluding carboxylic acids is 1. The van der Waals surface area contributed by atoms with Crippen LogP contribution in [0.15, 0.2) is 47.4 Å². The van der Waals surface area contributed by atoms with E-state index in [1.54, 1.807) is 42.4 Å². The Kier molecular flexibility index (Phi) is 5.16. The molecule has 1 atom stereocenters. The van der Waals surface area contributed by atoms with Crippen LogP contribution < -0.4 is 10.3 Å². The van der Waals surface area contributed by atoms with Crippen molar-refractivity contribution < 1.29 is 13.9 Å². The molecule has 1 saturated heterocycles. The lowest BCUT2D eigenvalue weighted by molar-refractivity contribution is 0.0631. The molecule has 0 saturated carbocycles. The number of hydrogen-bond acceptors (Lipinski definition) is 3. The molecule has 1 aromatic carbocycles. The van der Waals surface area contributed by atoms with E-state index in [-0.39, 0.29) is 28.8 Å². The van der Waals surface area contributed by atoms with Gasteiger partial charge in [-0.15, -0.1) is 0 Å². The lowest BCUT2D eigenvalue weighted by Gasteiger charge is -2.32. The van der Waals surface area contributed by atoms with Crippen molar-refractivity contribution in [2.24, 2.45) is 13.0 Å². The first-order valence-electron chi connectivity index (χ1n) is 8.38. The summed E-state index contributed by atoms with van der Waals surface area (Å²) in [5.41, 5.74) is -0.0951. The van der Waals surface area contributed by atoms with Crippen LogP contribution in [0.25, 0.3) is 0 Å². The molecule has 0 N–H and O–H groups in total. The second kappa shape index (κ2) is 7.51. The molecular weight excluding hydrogens is 323 g/mol. The summed E-state index contributed by atoms with van der Waals surface area (Å²) in [5, 5.41) is 0. The van der Waals surface area contributed by atoms with Crippen LogP contribution in [0.2, 0.25) is 0 Å². The number of aromatic nitrogens is 1. The molecule has 2 aromatic rings. The van der Waals surface area contributed by atoms with Gasteiger partial charge in [0.05, 0.1) is 6.61 Å². The molecule has 1 aromatic heterocycles. The van der Waals surface area contributed by atoms with Gasteiger partial charge in [-0.1, -0.05) is 6.07 Å². The number of aryl methyl sites for hydroxylation is 1. The normalized spacial score (nSPS) is 17.4. The Hall–Kier alpha value is -2.63. The van der Waals surface area contributed by atoms with E-state index < -0.39 is 0 Å². The van der Waals surface area contributed by atoms with E-state index in [0.717, 1.165) is 12.8 Å². The summed E-state index contributed by atoms with van der Waals surface area (Å²) in [7, 11) is 1.63. The smallest absolute Gasteiger partial charge is 0.263 e. The number of amides is 1. The second-order valence-electron chi connectivity index (χ2n) is 6.37. The summed E-state index contributed by atoms with van der Waals surface area (Å²) < 4.78 is 20.3. The zero-order valence-corrected chi connectivity index (χ0v) is 14.2. The minimum absolute atomic E-state index is 0.161. The van der Waals surface area contributed by atoms with E-state index in [4.69, 9.17) is 4.74 Å². The molecule has 1 unspecified atom stereocenters. The van der Waals surface area contributed by atoms with Crippen molar-refractivity contribution in [3.05, 3.63) is 64.3 Å². The Labute approximate surface area is 145 Å². The third-order valence-electron chi connectivity index (χ3n) is 4.44. The van der Waals surface area contributed by atoms with Crippen LogP contribution in [-0.2, 0) is 7.05 Å². The fraction of sp³-hybridized carbons (Fsp3) is 0.368. The molecule has 0 radical (unpaired) electrons. The second-order valence-corrected chi connectivity index (χ2v) is 6.37. The topological polar surface area (TPSA) is 51.5 Å². The summed E-state index contributed by atoms with van der Waals surface area (Å²) in [4.78, 5) is 26.5. The Morgan fingerprint density at radius 3 is 2.96 bits per heavy atom. The maximum atomic E-state index is 13.2. The quantitative estimate of drug-likeness (QED) is 0.856. The predicted molar refractivity (Wildman–Crippen MR) is 92.2 cm³/mol. The first-order chi connectivity index (χ1) is 12.0. The lowest BCUT2D eigenvalue weighted by atomic mass is 9.98. The molecule has 1 aliphatic rings. The van der Waals surface area contributed by atoms with E-state index in [9.17, 15) is 14.0 Å². The number of nitrogens with zero attached hydrogens (tertiary/aromatic N) is 2. The van der Waals surface area contributed by atoms with Gasteiger partial charge in [-0.2, -0.15) is 0 Å². The zero-order chi connectivity index (χ0) is 17.8. The summed E-state index contributed by atoms with van der Waals surface area (Å²) >= 11 is 0. The van der Waals surface area contributed by atoms with Crippen molar-refractivity contribution in [3.8, 4) is 5.75 Å². The Morgan fingerprint density at radius 2 is 2.16 bits per heavy atom. The molecule has 1 fully saturated rings. The fourth-order valence-corrected chi connectivity index (χ4v) is 3.09. The molecule has 5 nitrogen and oxygen atoms in total. The number of piperidine rings is 1. The fourth-order valence-electron chi connectivity index (χ4n) is 3.09. The van der Waals surface area contributed by atoms with Gasteiger partial charge in [0, 0.05) is 38.3 Å². The molecule has 6 heteroatoms. The summed E-state index contributed by atoms with van der Waals surface area (Å²) in [6, 6.07) is 9.30. The molecular formula is C19H21FN2O3. The zero-order valence-electron chi connectivity index (χ0n) is 14.2. The summed E-state index contributed by atoms with van der Waals surface area (Å²) in [5.74, 6) is 0.0726. The van der Waals surface area contributed by atoms with Crippen molar-refractivity contribution in [2.45, 2.75) is 12.8 Å². The van der Waals surface area contributed by atoms with Gasteiger partial charge in [-0.25, -0.2) is 4.39 Å². The van der Waals surface area contributed by atoms with Gasteiger partial charge in [0.15, 0.2) is 0 Å². The molecule has 0 bridgehead atoms. The number of benzene rings is 1. The number of rotatable bonds is 4. The summed E-state index contributed by atoms with van der Waals surface area (Å²) in [6.07, 6.45) is 3.42. The predicted octanol–water partition coefficient (Wildman–Crippen LogP) is 2.46. The van der Waals surface area contributed by atoms with Crippen LogP contribution in [0, 0.1) is 11.7 Å². The molecule has 1 amide bonds. The average molecular weight is 344 g/mol. The monoisotopic (exact) mass is 344 g/mol. The van der Waals surface area contributed by atoms with Gasteiger partial charge in [0.2, 0.25) is 0 Å². The van der Waals surface area contributed by atoms with Gasteiger partial charge in [-0.3, -0.25) is 9.59 Å². The van der Waals surface area contributed by atoms with E-state index in [1.165, 1.54) is 16.7 Å². The van der Waals surface area contributed by atoms with Crippen molar-refractivity contribution in [1.82, 2.24) is 9.47 Å². The van der Waals surface area contributed by atoms with Gasteiger partial charge in [0.25, 0.3) is 11.5 Å². The van der Waals surface area contributed by atoms with Crippen molar-refractivity contribution in [3.63, 3.8) is 0 Å². The molecule has 1 aliphatic heterocycles. The van der Waals surface area contributed by atoms with Crippen LogP contribution in [0.4, 0.5) is 4.39 Å². The van der Waals surface area contributed by atoms with E-state index in [0.29, 0.717) is 25.4 Å². The van der Waals surface area contributed by atoms with Crippen LogP contribution in [-0.4, -0.2) is 35.1 Å². The van der Waals surface area contributed by atoms with Crippen molar-refractivity contribution in [1.29, 1.82) is 0 Å². The highest BCUT2D eigenvalue weighted by molar-refractivity contribution is 5.93. The van der Waals surface area contributed by atoms with E-state index in [2.05, 4.69) is 0 Å². The number of carbonyl (C=O) groups is 1. The highest BCUT2D eigenvalue weighted by Gasteiger charge is 2.26. The van der Waals surface area contributed by atoms with Gasteiger partial charge >= 0.3 is 0 Å². The molecule has 0 spiro atoms. The van der Waals surface area contributed by atoms with Crippen LogP contribution in [0.5, 0.6) is 5.75 Å². The van der Waals surface area contributed by atoms with Gasteiger partial charge in [0.1, 0.15) is 17.1 Å². The number of pyridine rings is 1. The number of hydrogen-bond donors (Lipinski definition) is 0.